The van der Waals surface area contributed by atoms with Gasteiger partial charge in [0.25, 0.3) is 0 Å². The Morgan fingerprint density at radius 3 is 2.33 bits per heavy atom. The summed E-state index contributed by atoms with van der Waals surface area (Å²) in [6, 6.07) is 0. The van der Waals surface area contributed by atoms with E-state index >= 15 is 0 Å². The lowest BCUT2D eigenvalue weighted by molar-refractivity contribution is 0.0579. The van der Waals surface area contributed by atoms with Crippen molar-refractivity contribution >= 4 is 12.6 Å². The highest BCUT2D eigenvalue weighted by Crippen LogP contribution is 2.07. The largest absolute Gasteiger partial charge is 0.378 e. The molecule has 0 amide bonds. The number of nitrogens with zero attached hydrogens (tertiary/aromatic N) is 1. The molecule has 2 nitrogen and oxygen atoms in total. The molecule has 0 N–H and O–H groups in total. The van der Waals surface area contributed by atoms with Crippen LogP contribution < -0.4 is 0 Å². The number of hydrogen-bond donors (Lipinski definition) is 1. The first-order chi connectivity index (χ1) is 4.30. The molecule has 0 aromatic rings. The summed E-state index contributed by atoms with van der Waals surface area (Å²) < 4.78 is 5.13. The highest BCUT2D eigenvalue weighted by atomic mass is 32.1. The maximum Gasteiger partial charge on any atom is 0.0642 e. The molecule has 0 bridgehead atoms. The molecule has 0 aromatic heterocycles. The van der Waals surface area contributed by atoms with Crippen LogP contribution in [0.4, 0.5) is 0 Å². The van der Waals surface area contributed by atoms with E-state index in [1.54, 1.807) is 0 Å². The van der Waals surface area contributed by atoms with Crippen molar-refractivity contribution in [2.45, 2.75) is 0 Å². The zero-order valence-electron chi connectivity index (χ0n) is 5.34. The van der Waals surface area contributed by atoms with Crippen LogP contribution in [0.5, 0.6) is 0 Å². The third kappa shape index (κ3) is 1.91. The van der Waals surface area contributed by atoms with Crippen molar-refractivity contribution in [1.82, 2.24) is 4.90 Å². The molecule has 1 aliphatic rings. The topological polar surface area (TPSA) is 12.5 Å². The Morgan fingerprint density at radius 1 is 1.44 bits per heavy atom. The Bertz CT molecular complexity index is 110. The molecular weight excluding hydrogens is 134 g/mol. The lowest BCUT2D eigenvalue weighted by Gasteiger charge is -2.27. The van der Waals surface area contributed by atoms with Gasteiger partial charge in [0.15, 0.2) is 0 Å². The molecule has 0 aliphatic carbocycles. The van der Waals surface area contributed by atoms with Crippen LogP contribution in [0.15, 0.2) is 11.6 Å². The summed E-state index contributed by atoms with van der Waals surface area (Å²) in [7, 11) is 0. The van der Waals surface area contributed by atoms with E-state index in [9.17, 15) is 0 Å². The van der Waals surface area contributed by atoms with Crippen LogP contribution in [0.25, 0.3) is 0 Å². The lowest BCUT2D eigenvalue weighted by atomic mass is 10.4. The monoisotopic (exact) mass is 145 g/mol. The van der Waals surface area contributed by atoms with Gasteiger partial charge in [-0.15, -0.1) is 12.6 Å². The molecule has 1 rings (SSSR count). The van der Waals surface area contributed by atoms with Crippen LogP contribution in [0.3, 0.4) is 0 Å². The normalized spacial score (nSPS) is 19.9. The Labute approximate surface area is 60.9 Å². The quantitative estimate of drug-likeness (QED) is 0.546. The minimum Gasteiger partial charge on any atom is -0.378 e. The van der Waals surface area contributed by atoms with E-state index in [2.05, 4.69) is 24.1 Å². The number of rotatable bonds is 1. The summed E-state index contributed by atoms with van der Waals surface area (Å²) in [4.78, 5) is 2.10. The number of morpholine rings is 1. The SMILES string of the molecule is C=C(S)N1CCOCC1. The van der Waals surface area contributed by atoms with Crippen molar-refractivity contribution in [3.8, 4) is 0 Å². The number of hydrogen-bond acceptors (Lipinski definition) is 3. The van der Waals surface area contributed by atoms with Gasteiger partial charge < -0.3 is 9.64 Å². The number of ether oxygens (including phenoxy) is 1. The zero-order valence-corrected chi connectivity index (χ0v) is 6.23. The van der Waals surface area contributed by atoms with Crippen LogP contribution in [0.1, 0.15) is 0 Å². The molecule has 1 aliphatic heterocycles. The average Bonchev–Trinajstić information content (AvgIpc) is 1.90. The van der Waals surface area contributed by atoms with Gasteiger partial charge in [0, 0.05) is 13.1 Å². The van der Waals surface area contributed by atoms with E-state index in [0.717, 1.165) is 31.3 Å². The van der Waals surface area contributed by atoms with Gasteiger partial charge in [-0.05, 0) is 0 Å². The lowest BCUT2D eigenvalue weighted by Crippen LogP contribution is -2.33. The van der Waals surface area contributed by atoms with Gasteiger partial charge in [-0.2, -0.15) is 0 Å². The van der Waals surface area contributed by atoms with E-state index in [1.165, 1.54) is 0 Å². The standard InChI is InChI=1S/C6H11NOS/c1-6(9)7-2-4-8-5-3-7/h9H,1-5H2. The van der Waals surface area contributed by atoms with Crippen molar-refractivity contribution in [3.63, 3.8) is 0 Å². The summed E-state index contributed by atoms with van der Waals surface area (Å²) in [5, 5.41) is 0.846. The third-order valence-corrected chi connectivity index (χ3v) is 1.66. The molecule has 3 heteroatoms. The van der Waals surface area contributed by atoms with Crippen molar-refractivity contribution in [2.24, 2.45) is 0 Å². The van der Waals surface area contributed by atoms with Gasteiger partial charge in [-0.3, -0.25) is 0 Å². The minimum atomic E-state index is 0.805. The average molecular weight is 145 g/mol. The fourth-order valence-corrected chi connectivity index (χ4v) is 1.02. The minimum absolute atomic E-state index is 0.805. The van der Waals surface area contributed by atoms with Gasteiger partial charge >= 0.3 is 0 Å². The summed E-state index contributed by atoms with van der Waals surface area (Å²) in [6.45, 7) is 7.19. The summed E-state index contributed by atoms with van der Waals surface area (Å²) >= 11 is 4.12. The van der Waals surface area contributed by atoms with E-state index in [4.69, 9.17) is 4.74 Å². The predicted molar refractivity (Wildman–Crippen MR) is 40.5 cm³/mol. The smallest absolute Gasteiger partial charge is 0.0642 e. The molecule has 0 atom stereocenters. The van der Waals surface area contributed by atoms with Gasteiger partial charge in [-0.1, -0.05) is 6.58 Å². The second kappa shape index (κ2) is 3.13. The van der Waals surface area contributed by atoms with Gasteiger partial charge in [0.05, 0.1) is 18.2 Å². The molecule has 1 saturated heterocycles. The van der Waals surface area contributed by atoms with E-state index in [-0.39, 0.29) is 0 Å². The van der Waals surface area contributed by atoms with Crippen LogP contribution in [-0.2, 0) is 4.74 Å². The summed E-state index contributed by atoms with van der Waals surface area (Å²) in [5.74, 6) is 0. The molecule has 0 radical (unpaired) electrons. The molecular formula is C6H11NOS. The van der Waals surface area contributed by atoms with Crippen LogP contribution in [0.2, 0.25) is 0 Å². The molecule has 0 unspecified atom stereocenters. The van der Waals surface area contributed by atoms with Crippen molar-refractivity contribution in [3.05, 3.63) is 11.6 Å². The van der Waals surface area contributed by atoms with Crippen molar-refractivity contribution in [2.75, 3.05) is 26.3 Å². The van der Waals surface area contributed by atoms with Crippen LogP contribution in [-0.4, -0.2) is 31.2 Å². The molecule has 0 aromatic carbocycles. The summed E-state index contributed by atoms with van der Waals surface area (Å²) in [5.41, 5.74) is 0. The fraction of sp³-hybridized carbons (Fsp3) is 0.667. The second-order valence-corrected chi connectivity index (χ2v) is 2.53. The highest BCUT2D eigenvalue weighted by Gasteiger charge is 2.08. The van der Waals surface area contributed by atoms with E-state index < -0.39 is 0 Å². The van der Waals surface area contributed by atoms with Gasteiger partial charge in [0.2, 0.25) is 0 Å². The first-order valence-corrected chi connectivity index (χ1v) is 3.46. The molecule has 52 valence electrons. The van der Waals surface area contributed by atoms with Crippen LogP contribution >= 0.6 is 12.6 Å². The molecule has 0 spiro atoms. The van der Waals surface area contributed by atoms with E-state index in [0.29, 0.717) is 0 Å². The van der Waals surface area contributed by atoms with Crippen LogP contribution in [0, 0.1) is 0 Å². The first-order valence-electron chi connectivity index (χ1n) is 3.01. The maximum atomic E-state index is 5.13. The Morgan fingerprint density at radius 2 is 2.00 bits per heavy atom. The maximum absolute atomic E-state index is 5.13. The van der Waals surface area contributed by atoms with Gasteiger partial charge in [0.1, 0.15) is 0 Å². The molecule has 9 heavy (non-hydrogen) atoms. The predicted octanol–water partition coefficient (Wildman–Crippen LogP) is 0.720. The third-order valence-electron chi connectivity index (χ3n) is 1.38. The fourth-order valence-electron chi connectivity index (χ4n) is 0.821. The number of thiol groups is 1. The van der Waals surface area contributed by atoms with Crippen molar-refractivity contribution in [1.29, 1.82) is 0 Å². The zero-order chi connectivity index (χ0) is 6.69. The summed E-state index contributed by atoms with van der Waals surface area (Å²) in [6.07, 6.45) is 0. The molecule has 1 fully saturated rings. The Balaban J connectivity index is 2.31. The second-order valence-electron chi connectivity index (χ2n) is 2.02. The molecule has 0 saturated carbocycles. The Hall–Kier alpha value is -0.150. The van der Waals surface area contributed by atoms with Crippen molar-refractivity contribution < 1.29 is 4.74 Å². The van der Waals surface area contributed by atoms with E-state index in [1.807, 2.05) is 0 Å². The highest BCUT2D eigenvalue weighted by molar-refractivity contribution is 7.84. The Kier molecular flexibility index (Phi) is 2.42. The molecule has 1 heterocycles. The first kappa shape index (κ1) is 6.96. The van der Waals surface area contributed by atoms with Gasteiger partial charge in [-0.25, -0.2) is 0 Å².